The Kier molecular flexibility index (Phi) is 29.5. The van der Waals surface area contributed by atoms with Gasteiger partial charge in [-0.2, -0.15) is 0 Å². The SMILES string of the molecule is CC(=O)Nc1csc2c1C(=O)N([C@@H](CS(C)(=O)=O)c1ccc3c(c1)CCO3)C2=O.CC(=O)Nc1csc2c1C(=O)N([C@H](CS(C)(=O)=O)c1ccc3c(c1)CCO3)C2=O.CC(=O)Nc1scc2c1C(=O)N([C@@H](CS(C)(=O)=O)c1ccc3c(c1)CCO3)C2=O.CC(=O)Nc1scc2c1C(=O)N([C@@H](CS(C)(=O)=O)c1ccc3c(c1)OCCO3)C2=O.CS(=O)(=O)C[C@@H](c1ccc2c(c1)CCO2)N1C(=O)c2csc(NC(=O)C3CC3)c2C1=O. The van der Waals surface area contributed by atoms with Crippen LogP contribution in [0.3, 0.4) is 0 Å². The summed E-state index contributed by atoms with van der Waals surface area (Å²) in [5, 5.41) is 21.5. The van der Waals surface area contributed by atoms with Gasteiger partial charge in [0.05, 0.1) is 141 Å². The zero-order chi connectivity index (χ0) is 106. The third-order valence-corrected chi connectivity index (χ3v) is 34.1. The molecule has 5 N–H and O–H groups in total. The number of amides is 15. The van der Waals surface area contributed by atoms with E-state index < -0.39 is 161 Å². The molecule has 15 amide bonds. The van der Waals surface area contributed by atoms with Gasteiger partial charge in [0.15, 0.2) is 11.5 Å². The molecule has 0 spiro atoms. The molecular formula is C97H92N10O31S10. The first kappa shape index (κ1) is 106. The first-order chi connectivity index (χ1) is 69.8. The zero-order valence-corrected chi connectivity index (χ0v) is 88.2. The summed E-state index contributed by atoms with van der Waals surface area (Å²) >= 11 is 5.40. The number of sulfone groups is 5. The molecule has 10 aromatic rings. The summed E-state index contributed by atoms with van der Waals surface area (Å²) in [6.45, 7) is 8.11. The molecule has 776 valence electrons. The van der Waals surface area contributed by atoms with E-state index in [0.29, 0.717) is 110 Å². The Morgan fingerprint density at radius 1 is 0.297 bits per heavy atom. The summed E-state index contributed by atoms with van der Waals surface area (Å²) in [7, 11) is -17.6. The highest BCUT2D eigenvalue weighted by molar-refractivity contribution is 7.91. The predicted octanol–water partition coefficient (Wildman–Crippen LogP) is 10.3. The van der Waals surface area contributed by atoms with Crippen molar-refractivity contribution in [1.82, 2.24) is 24.5 Å². The highest BCUT2D eigenvalue weighted by atomic mass is 32.2. The number of ether oxygens (including phenoxy) is 6. The van der Waals surface area contributed by atoms with Crippen molar-refractivity contribution < 1.29 is 142 Å². The second-order valence-electron chi connectivity index (χ2n) is 36.5. The lowest BCUT2D eigenvalue weighted by atomic mass is 10.0. The minimum atomic E-state index is -3.56. The fourth-order valence-corrected chi connectivity index (χ4v) is 27.7. The van der Waals surface area contributed by atoms with Crippen LogP contribution in [0.2, 0.25) is 0 Å². The van der Waals surface area contributed by atoms with Gasteiger partial charge in [0.25, 0.3) is 59.1 Å². The van der Waals surface area contributed by atoms with Crippen LogP contribution >= 0.6 is 56.7 Å². The van der Waals surface area contributed by atoms with Gasteiger partial charge in [-0.05, 0) is 124 Å². The zero-order valence-electron chi connectivity index (χ0n) is 80.0. The number of carbonyl (C=O) groups excluding carboxylic acids is 15. The Morgan fingerprint density at radius 3 is 0.824 bits per heavy atom. The number of anilines is 5. The predicted molar refractivity (Wildman–Crippen MR) is 545 cm³/mol. The van der Waals surface area contributed by atoms with Crippen molar-refractivity contribution in [3.63, 3.8) is 0 Å². The maximum absolute atomic E-state index is 13.3. The standard InChI is InChI=1S/C21H20N2O6S2.C19H18N2O7S2.3C19H18N2O6S2/c1-31(27,28)10-15(12-4-5-16-13(8-12)6-7-29-16)23-20(25)14-9-30-19(17(14)21(23)26)22-18(24)11-2-3-11;1-10(22)20-17-16-12(8-29-17)18(23)21(19(16)24)13(9-30(2,25)26)11-3-4-14-15(7-11)28-6-5-27-14;2*1-10(22)20-13-8-28-17-16(13)18(23)21(19(17)24)14(9-29(2,25)26)11-3-4-15-12(7-11)5-6-27-15;1-10(22)20-17-16-13(8-28-17)18(23)21(19(16)24)14(9-29(2,25)26)11-3-4-15-12(7-11)5-6-27-15/h4-5,8-9,11,15H,2-3,6-7,10H2,1H3,(H,22,24);3-4,7-8,13H,5-6,9H2,1-2H3,(H,20,22);3*3-4,7-8,14H,5-6,9H2,1-2H3,(H,20,22)/t15-;13-;3*14-/m00100/s1. The number of thiophene rings is 5. The molecule has 10 aliphatic heterocycles. The second kappa shape index (κ2) is 41.4. The number of nitrogens with one attached hydrogen (secondary N) is 5. The molecule has 1 aliphatic carbocycles. The molecule has 5 aromatic heterocycles. The Bertz CT molecular complexity index is 7560. The van der Waals surface area contributed by atoms with E-state index in [2.05, 4.69) is 26.6 Å². The molecule has 41 nitrogen and oxygen atoms in total. The molecule has 11 aliphatic rings. The summed E-state index contributed by atoms with van der Waals surface area (Å²) in [6.07, 6.45) is 9.68. The van der Waals surface area contributed by atoms with Crippen LogP contribution in [0.15, 0.2) is 118 Å². The van der Waals surface area contributed by atoms with Crippen LogP contribution in [0.4, 0.5) is 26.4 Å². The lowest BCUT2D eigenvalue weighted by Crippen LogP contribution is -2.38. The van der Waals surface area contributed by atoms with Gasteiger partial charge in [-0.3, -0.25) is 96.4 Å². The van der Waals surface area contributed by atoms with Gasteiger partial charge >= 0.3 is 0 Å². The molecule has 1 fully saturated rings. The fraction of sp³-hybridized carbons (Fsp3) is 0.330. The van der Waals surface area contributed by atoms with Crippen LogP contribution in [-0.4, -0.2) is 255 Å². The van der Waals surface area contributed by atoms with Crippen LogP contribution in [0.5, 0.6) is 34.5 Å². The minimum absolute atomic E-state index is 0.0484. The van der Waals surface area contributed by atoms with Gasteiger partial charge in [0.1, 0.15) is 110 Å². The molecular weight excluding hydrogens is 2120 g/mol. The van der Waals surface area contributed by atoms with Crippen LogP contribution in [-0.2, 0) is 98.8 Å². The van der Waals surface area contributed by atoms with Crippen LogP contribution < -0.4 is 55.0 Å². The van der Waals surface area contributed by atoms with E-state index in [1.165, 1.54) is 49.2 Å². The quantitative estimate of drug-likeness (QED) is 0.0314. The van der Waals surface area contributed by atoms with Crippen LogP contribution in [0.25, 0.3) is 0 Å². The van der Waals surface area contributed by atoms with E-state index in [4.69, 9.17) is 28.4 Å². The Labute approximate surface area is 866 Å². The minimum Gasteiger partial charge on any atom is -0.493 e. The first-order valence-electron chi connectivity index (χ1n) is 45.5. The van der Waals surface area contributed by atoms with Gasteiger partial charge < -0.3 is 55.0 Å². The maximum Gasteiger partial charge on any atom is 0.272 e. The van der Waals surface area contributed by atoms with Crippen molar-refractivity contribution in [1.29, 1.82) is 0 Å². The van der Waals surface area contributed by atoms with Crippen LogP contribution in [0.1, 0.15) is 223 Å². The van der Waals surface area contributed by atoms with Crippen molar-refractivity contribution in [2.24, 2.45) is 5.92 Å². The van der Waals surface area contributed by atoms with Gasteiger partial charge in [0, 0.05) is 117 Å². The summed E-state index contributed by atoms with van der Waals surface area (Å²) in [5.41, 5.74) is 7.90. The third kappa shape index (κ3) is 22.3. The summed E-state index contributed by atoms with van der Waals surface area (Å²) in [5.74, 6) is -5.78. The smallest absolute Gasteiger partial charge is 0.272 e. The normalized spacial score (nSPS) is 16.9. The molecule has 0 radical (unpaired) electrons. The fourth-order valence-electron chi connectivity index (χ4n) is 18.4. The molecule has 21 rings (SSSR count). The molecule has 51 heteroatoms. The third-order valence-electron chi connectivity index (χ3n) is 24.9. The molecule has 0 unspecified atom stereocenters. The highest BCUT2D eigenvalue weighted by Gasteiger charge is 2.52. The largest absolute Gasteiger partial charge is 0.493 e. The summed E-state index contributed by atoms with van der Waals surface area (Å²) < 4.78 is 154. The number of rotatable bonds is 26. The lowest BCUT2D eigenvalue weighted by molar-refractivity contribution is -0.117. The van der Waals surface area contributed by atoms with E-state index in [1.807, 2.05) is 0 Å². The van der Waals surface area contributed by atoms with Crippen molar-refractivity contribution in [2.45, 2.75) is 96.4 Å². The lowest BCUT2D eigenvalue weighted by Gasteiger charge is -2.27. The van der Waals surface area contributed by atoms with E-state index >= 15 is 0 Å². The molecule has 0 saturated heterocycles. The topological polar surface area (TPSA) is 558 Å². The Balaban J connectivity index is 0.000000126. The average molecular weight is 2210 g/mol. The number of nitrogens with zero attached hydrogens (tertiary/aromatic N) is 5. The van der Waals surface area contributed by atoms with E-state index in [-0.39, 0.29) is 117 Å². The monoisotopic (exact) mass is 2210 g/mol. The van der Waals surface area contributed by atoms with Gasteiger partial charge in [0.2, 0.25) is 29.5 Å². The van der Waals surface area contributed by atoms with E-state index in [9.17, 15) is 114 Å². The Hall–Kier alpha value is -13.8. The van der Waals surface area contributed by atoms with E-state index in [1.54, 1.807) is 96.4 Å². The number of fused-ring (bicyclic) bond motifs is 10. The van der Waals surface area contributed by atoms with Crippen molar-refractivity contribution in [3.8, 4) is 34.5 Å². The number of hydrogen-bond donors (Lipinski definition) is 5. The van der Waals surface area contributed by atoms with E-state index in [0.717, 1.165) is 171 Å². The van der Waals surface area contributed by atoms with Gasteiger partial charge in [-0.15, -0.1) is 56.7 Å². The maximum atomic E-state index is 13.3. The van der Waals surface area contributed by atoms with Crippen molar-refractivity contribution in [3.05, 3.63) is 222 Å². The molecule has 5 aromatic carbocycles. The first-order valence-corrected chi connectivity index (χ1v) is 60.2. The summed E-state index contributed by atoms with van der Waals surface area (Å²) in [6, 6.07) is 20.8. The number of carbonyl (C=O) groups is 15. The second-order valence-corrected chi connectivity index (χ2v) is 51.8. The number of imide groups is 5. The van der Waals surface area contributed by atoms with Crippen molar-refractivity contribution in [2.75, 3.05) is 126 Å². The Morgan fingerprint density at radius 2 is 0.547 bits per heavy atom. The molecule has 5 atom stereocenters. The summed E-state index contributed by atoms with van der Waals surface area (Å²) in [4.78, 5) is 194. The molecule has 148 heavy (non-hydrogen) atoms. The average Bonchev–Trinajstić information content (AvgIpc) is 1.61. The van der Waals surface area contributed by atoms with Gasteiger partial charge in [-0.1, -0.05) is 30.3 Å². The van der Waals surface area contributed by atoms with Gasteiger partial charge in [-0.25, -0.2) is 42.1 Å². The highest BCUT2D eigenvalue weighted by Crippen LogP contribution is 2.49. The molecule has 0 bridgehead atoms. The number of hydrogen-bond acceptors (Lipinski definition) is 36. The molecule has 15 heterocycles. The van der Waals surface area contributed by atoms with Crippen molar-refractivity contribution >= 4 is 221 Å². The van der Waals surface area contributed by atoms with Crippen LogP contribution in [0, 0.1) is 5.92 Å². The molecule has 1 saturated carbocycles. The number of benzene rings is 5.